The Morgan fingerprint density at radius 1 is 1.36 bits per heavy atom. The van der Waals surface area contributed by atoms with Gasteiger partial charge in [-0.15, -0.1) is 0 Å². The maximum Gasteiger partial charge on any atom is 0.128 e. The van der Waals surface area contributed by atoms with Crippen LogP contribution in [0.4, 0.5) is 4.39 Å². The predicted octanol–water partition coefficient (Wildman–Crippen LogP) is 1.66. The summed E-state index contributed by atoms with van der Waals surface area (Å²) in [4.78, 5) is 0. The summed E-state index contributed by atoms with van der Waals surface area (Å²) in [6, 6.07) is 5.40. The summed E-state index contributed by atoms with van der Waals surface area (Å²) in [7, 11) is 0. The molecule has 2 aromatic rings. The van der Waals surface area contributed by atoms with Crippen LogP contribution in [0.1, 0.15) is 5.56 Å². The van der Waals surface area contributed by atoms with Crippen LogP contribution in [-0.4, -0.2) is 10.6 Å². The highest BCUT2D eigenvalue weighted by Crippen LogP contribution is 2.27. The third-order valence-corrected chi connectivity index (χ3v) is 2.88. The number of rotatable bonds is 0. The van der Waals surface area contributed by atoms with Crippen molar-refractivity contribution in [2.45, 2.75) is 19.0 Å². The molecule has 3 rings (SSSR count). The molecule has 0 bridgehead atoms. The Balaban J connectivity index is 2.41. The van der Waals surface area contributed by atoms with Crippen LogP contribution in [0.15, 0.2) is 24.4 Å². The third kappa shape index (κ3) is 0.930. The SMILES string of the molecule is NC1Cc2c(F)ccc3ccn(c23)C1. The number of halogens is 1. The van der Waals surface area contributed by atoms with Gasteiger partial charge in [0.15, 0.2) is 0 Å². The summed E-state index contributed by atoms with van der Waals surface area (Å²) < 4.78 is 15.6. The van der Waals surface area contributed by atoms with E-state index in [-0.39, 0.29) is 11.9 Å². The molecule has 0 aliphatic carbocycles. The van der Waals surface area contributed by atoms with Gasteiger partial charge in [-0.2, -0.15) is 0 Å². The summed E-state index contributed by atoms with van der Waals surface area (Å²) >= 11 is 0. The first kappa shape index (κ1) is 8.00. The molecule has 0 amide bonds. The van der Waals surface area contributed by atoms with E-state index >= 15 is 0 Å². The Hall–Kier alpha value is -1.35. The normalized spacial score (nSPS) is 20.3. The maximum atomic E-state index is 13.5. The van der Waals surface area contributed by atoms with Crippen LogP contribution < -0.4 is 5.73 Å². The Morgan fingerprint density at radius 3 is 3.07 bits per heavy atom. The highest BCUT2D eigenvalue weighted by Gasteiger charge is 2.20. The monoisotopic (exact) mass is 190 g/mol. The van der Waals surface area contributed by atoms with Gasteiger partial charge >= 0.3 is 0 Å². The molecule has 1 aliphatic heterocycles. The Bertz CT molecular complexity index is 501. The zero-order valence-corrected chi connectivity index (χ0v) is 7.70. The van der Waals surface area contributed by atoms with Gasteiger partial charge in [-0.25, -0.2) is 4.39 Å². The molecule has 2 nitrogen and oxygen atoms in total. The zero-order valence-electron chi connectivity index (χ0n) is 7.70. The number of hydrogen-bond acceptors (Lipinski definition) is 1. The van der Waals surface area contributed by atoms with Crippen LogP contribution in [0.2, 0.25) is 0 Å². The lowest BCUT2D eigenvalue weighted by Crippen LogP contribution is -2.32. The molecule has 1 aliphatic rings. The average Bonchev–Trinajstić information content (AvgIpc) is 2.55. The minimum absolute atomic E-state index is 0.0370. The summed E-state index contributed by atoms with van der Waals surface area (Å²) in [5.74, 6) is -0.132. The van der Waals surface area contributed by atoms with E-state index in [0.29, 0.717) is 6.42 Å². The van der Waals surface area contributed by atoms with Crippen LogP contribution >= 0.6 is 0 Å². The van der Waals surface area contributed by atoms with Gasteiger partial charge in [0.2, 0.25) is 0 Å². The highest BCUT2D eigenvalue weighted by atomic mass is 19.1. The first-order chi connectivity index (χ1) is 6.75. The van der Waals surface area contributed by atoms with Crippen molar-refractivity contribution < 1.29 is 4.39 Å². The van der Waals surface area contributed by atoms with Gasteiger partial charge in [0.1, 0.15) is 5.82 Å². The van der Waals surface area contributed by atoms with E-state index in [1.54, 1.807) is 0 Å². The standard InChI is InChI=1S/C11H11FN2/c12-10-2-1-7-3-4-14-6-8(13)5-9(10)11(7)14/h1-4,8H,5-6,13H2. The fraction of sp³-hybridized carbons (Fsp3) is 0.273. The van der Waals surface area contributed by atoms with Gasteiger partial charge in [-0.05, 0) is 24.6 Å². The van der Waals surface area contributed by atoms with Crippen molar-refractivity contribution in [3.05, 3.63) is 35.8 Å². The van der Waals surface area contributed by atoms with Gasteiger partial charge in [0.25, 0.3) is 0 Å². The van der Waals surface area contributed by atoms with Crippen molar-refractivity contribution in [2.24, 2.45) is 5.73 Å². The Morgan fingerprint density at radius 2 is 2.21 bits per heavy atom. The summed E-state index contributed by atoms with van der Waals surface area (Å²) in [5, 5.41) is 1.10. The first-order valence-corrected chi connectivity index (χ1v) is 4.77. The summed E-state index contributed by atoms with van der Waals surface area (Å²) in [6.07, 6.45) is 2.62. The molecular weight excluding hydrogens is 179 g/mol. The summed E-state index contributed by atoms with van der Waals surface area (Å²) in [5.41, 5.74) is 7.66. The molecule has 0 fully saturated rings. The molecule has 0 spiro atoms. The van der Waals surface area contributed by atoms with Crippen molar-refractivity contribution in [3.63, 3.8) is 0 Å². The summed E-state index contributed by atoms with van der Waals surface area (Å²) in [6.45, 7) is 0.792. The second-order valence-corrected chi connectivity index (χ2v) is 3.90. The van der Waals surface area contributed by atoms with E-state index in [1.807, 2.05) is 22.9 Å². The van der Waals surface area contributed by atoms with Gasteiger partial charge in [0.05, 0.1) is 5.52 Å². The van der Waals surface area contributed by atoms with Gasteiger partial charge in [0, 0.05) is 29.7 Å². The smallest absolute Gasteiger partial charge is 0.128 e. The number of aromatic nitrogens is 1. The van der Waals surface area contributed by atoms with E-state index in [9.17, 15) is 4.39 Å². The minimum atomic E-state index is -0.132. The van der Waals surface area contributed by atoms with Crippen molar-refractivity contribution in [1.29, 1.82) is 0 Å². The molecule has 2 heterocycles. The third-order valence-electron chi connectivity index (χ3n) is 2.88. The van der Waals surface area contributed by atoms with Gasteiger partial charge in [-0.1, -0.05) is 0 Å². The molecule has 1 atom stereocenters. The van der Waals surface area contributed by atoms with Crippen LogP contribution in [-0.2, 0) is 13.0 Å². The van der Waals surface area contributed by atoms with Crippen molar-refractivity contribution in [1.82, 2.24) is 4.57 Å². The Kier molecular flexibility index (Phi) is 1.47. The number of nitrogens with two attached hydrogens (primary N) is 1. The number of hydrogen-bond donors (Lipinski definition) is 1. The maximum absolute atomic E-state index is 13.5. The van der Waals surface area contributed by atoms with Gasteiger partial charge < -0.3 is 10.3 Å². The average molecular weight is 190 g/mol. The van der Waals surface area contributed by atoms with Crippen molar-refractivity contribution in [3.8, 4) is 0 Å². The molecule has 72 valence electrons. The number of benzene rings is 1. The van der Waals surface area contributed by atoms with Crippen LogP contribution in [0, 0.1) is 5.82 Å². The topological polar surface area (TPSA) is 30.9 Å². The zero-order chi connectivity index (χ0) is 9.71. The first-order valence-electron chi connectivity index (χ1n) is 4.77. The predicted molar refractivity (Wildman–Crippen MR) is 53.6 cm³/mol. The Labute approximate surface area is 81.1 Å². The lowest BCUT2D eigenvalue weighted by atomic mass is 10.00. The van der Waals surface area contributed by atoms with E-state index in [0.717, 1.165) is 23.0 Å². The van der Waals surface area contributed by atoms with Crippen LogP contribution in [0.3, 0.4) is 0 Å². The van der Waals surface area contributed by atoms with E-state index < -0.39 is 0 Å². The fourth-order valence-electron chi connectivity index (χ4n) is 2.27. The minimum Gasteiger partial charge on any atom is -0.346 e. The quantitative estimate of drug-likeness (QED) is 0.673. The highest BCUT2D eigenvalue weighted by molar-refractivity contribution is 5.84. The van der Waals surface area contributed by atoms with E-state index in [2.05, 4.69) is 0 Å². The van der Waals surface area contributed by atoms with Gasteiger partial charge in [-0.3, -0.25) is 0 Å². The lowest BCUT2D eigenvalue weighted by Gasteiger charge is -2.21. The molecule has 0 radical (unpaired) electrons. The molecule has 1 aromatic heterocycles. The van der Waals surface area contributed by atoms with Crippen LogP contribution in [0.25, 0.3) is 10.9 Å². The second-order valence-electron chi connectivity index (χ2n) is 3.90. The molecular formula is C11H11FN2. The van der Waals surface area contributed by atoms with Crippen LogP contribution in [0.5, 0.6) is 0 Å². The number of nitrogens with zero attached hydrogens (tertiary/aromatic N) is 1. The lowest BCUT2D eigenvalue weighted by molar-refractivity contribution is 0.517. The molecule has 0 saturated heterocycles. The van der Waals surface area contributed by atoms with Crippen molar-refractivity contribution in [2.75, 3.05) is 0 Å². The molecule has 1 unspecified atom stereocenters. The van der Waals surface area contributed by atoms with E-state index in [1.165, 1.54) is 6.07 Å². The molecule has 14 heavy (non-hydrogen) atoms. The fourth-order valence-corrected chi connectivity index (χ4v) is 2.27. The van der Waals surface area contributed by atoms with E-state index in [4.69, 9.17) is 5.73 Å². The largest absolute Gasteiger partial charge is 0.346 e. The molecule has 0 saturated carbocycles. The van der Waals surface area contributed by atoms with Crippen molar-refractivity contribution >= 4 is 10.9 Å². The molecule has 1 aromatic carbocycles. The molecule has 2 N–H and O–H groups in total. The molecule has 3 heteroatoms. The second kappa shape index (κ2) is 2.58.